The summed E-state index contributed by atoms with van der Waals surface area (Å²) in [7, 11) is 0. The second kappa shape index (κ2) is 6.48. The summed E-state index contributed by atoms with van der Waals surface area (Å²) in [5.41, 5.74) is 1.05. The molecule has 21 heavy (non-hydrogen) atoms. The third-order valence-corrected chi connectivity index (χ3v) is 4.64. The van der Waals surface area contributed by atoms with Crippen LogP contribution in [-0.2, 0) is 17.7 Å². The van der Waals surface area contributed by atoms with Crippen molar-refractivity contribution in [1.29, 1.82) is 0 Å². The molecule has 7 heteroatoms. The first-order chi connectivity index (χ1) is 10.1. The maximum absolute atomic E-state index is 6.05. The highest BCUT2D eigenvalue weighted by Gasteiger charge is 2.18. The zero-order valence-electron chi connectivity index (χ0n) is 11.3. The summed E-state index contributed by atoms with van der Waals surface area (Å²) in [5.74, 6) is 0.883. The molecule has 1 N–H and O–H groups in total. The highest BCUT2D eigenvalue weighted by Crippen LogP contribution is 2.24. The van der Waals surface area contributed by atoms with Crippen molar-refractivity contribution in [2.45, 2.75) is 31.9 Å². The summed E-state index contributed by atoms with van der Waals surface area (Å²) < 4.78 is 8.31. The van der Waals surface area contributed by atoms with E-state index in [0.29, 0.717) is 21.2 Å². The van der Waals surface area contributed by atoms with Gasteiger partial charge in [-0.05, 0) is 42.8 Å². The average molecular weight is 344 g/mol. The molecular formula is C14H15Cl2N3OS. The lowest BCUT2D eigenvalue weighted by molar-refractivity contribution is 0.0960. The third kappa shape index (κ3) is 3.48. The van der Waals surface area contributed by atoms with E-state index in [1.165, 1.54) is 0 Å². The van der Waals surface area contributed by atoms with Crippen molar-refractivity contribution in [3.8, 4) is 0 Å². The number of benzene rings is 1. The van der Waals surface area contributed by atoms with Crippen LogP contribution in [0.15, 0.2) is 18.2 Å². The number of H-pyrrole nitrogens is 1. The lowest BCUT2D eigenvalue weighted by Gasteiger charge is -2.12. The molecule has 1 aromatic carbocycles. The number of hydrogen-bond acceptors (Lipinski definition) is 3. The molecule has 0 spiro atoms. The molecule has 2 heterocycles. The van der Waals surface area contributed by atoms with Crippen LogP contribution < -0.4 is 0 Å². The molecule has 1 aromatic heterocycles. The minimum Gasteiger partial charge on any atom is -0.376 e. The molecule has 0 amide bonds. The number of rotatable bonds is 4. The molecule has 0 radical (unpaired) electrons. The fraction of sp³-hybridized carbons (Fsp3) is 0.429. The Morgan fingerprint density at radius 1 is 1.38 bits per heavy atom. The Bertz CT molecular complexity index is 692. The fourth-order valence-electron chi connectivity index (χ4n) is 2.50. The van der Waals surface area contributed by atoms with Crippen molar-refractivity contribution < 1.29 is 4.74 Å². The molecular weight excluding hydrogens is 329 g/mol. The van der Waals surface area contributed by atoms with Crippen LogP contribution in [0.2, 0.25) is 10.0 Å². The van der Waals surface area contributed by atoms with Crippen LogP contribution in [0.5, 0.6) is 0 Å². The van der Waals surface area contributed by atoms with E-state index >= 15 is 0 Å². The van der Waals surface area contributed by atoms with Crippen LogP contribution >= 0.6 is 35.4 Å². The van der Waals surface area contributed by atoms with Gasteiger partial charge in [0.25, 0.3) is 0 Å². The van der Waals surface area contributed by atoms with Gasteiger partial charge in [0, 0.05) is 13.0 Å². The van der Waals surface area contributed by atoms with Crippen LogP contribution in [-0.4, -0.2) is 27.5 Å². The van der Waals surface area contributed by atoms with Gasteiger partial charge in [-0.3, -0.25) is 5.10 Å². The lowest BCUT2D eigenvalue weighted by Crippen LogP contribution is -2.17. The number of hydrogen-bond donors (Lipinski definition) is 1. The standard InChI is InChI=1S/C14H15Cl2N3OS/c15-11-4-3-9(6-12(11)16)7-13-17-18-14(21)19(13)8-10-2-1-5-20-10/h3-4,6,10H,1-2,5,7-8H2,(H,18,21)/t10-/m1/s1. The van der Waals surface area contributed by atoms with Gasteiger partial charge in [-0.25, -0.2) is 0 Å². The first-order valence-electron chi connectivity index (χ1n) is 6.83. The van der Waals surface area contributed by atoms with Crippen LogP contribution in [0, 0.1) is 4.77 Å². The number of nitrogens with zero attached hydrogens (tertiary/aromatic N) is 2. The molecule has 1 fully saturated rings. The van der Waals surface area contributed by atoms with Gasteiger partial charge in [-0.2, -0.15) is 5.10 Å². The Labute approximate surface area is 138 Å². The van der Waals surface area contributed by atoms with E-state index in [1.54, 1.807) is 6.07 Å². The largest absolute Gasteiger partial charge is 0.376 e. The van der Waals surface area contributed by atoms with E-state index in [9.17, 15) is 0 Å². The summed E-state index contributed by atoms with van der Waals surface area (Å²) in [6, 6.07) is 5.60. The first-order valence-corrected chi connectivity index (χ1v) is 7.99. The zero-order valence-corrected chi connectivity index (χ0v) is 13.6. The molecule has 1 saturated heterocycles. The molecule has 112 valence electrons. The number of halogens is 2. The van der Waals surface area contributed by atoms with E-state index < -0.39 is 0 Å². The Morgan fingerprint density at radius 3 is 2.95 bits per heavy atom. The third-order valence-electron chi connectivity index (χ3n) is 3.59. The Balaban J connectivity index is 1.81. The zero-order chi connectivity index (χ0) is 14.8. The van der Waals surface area contributed by atoms with Gasteiger partial charge in [-0.15, -0.1) is 0 Å². The second-order valence-electron chi connectivity index (χ2n) is 5.12. The molecule has 0 saturated carbocycles. The molecule has 0 aliphatic carbocycles. The van der Waals surface area contributed by atoms with Gasteiger partial charge in [-0.1, -0.05) is 29.3 Å². The minimum absolute atomic E-state index is 0.224. The summed E-state index contributed by atoms with van der Waals surface area (Å²) in [4.78, 5) is 0. The van der Waals surface area contributed by atoms with Gasteiger partial charge in [0.1, 0.15) is 5.82 Å². The summed E-state index contributed by atoms with van der Waals surface area (Å²) in [6.07, 6.45) is 3.05. The van der Waals surface area contributed by atoms with Crippen molar-refractivity contribution in [2.75, 3.05) is 6.61 Å². The fourth-order valence-corrected chi connectivity index (χ4v) is 3.04. The van der Waals surface area contributed by atoms with Gasteiger partial charge in [0.2, 0.25) is 0 Å². The van der Waals surface area contributed by atoms with E-state index in [0.717, 1.165) is 37.4 Å². The van der Waals surface area contributed by atoms with Gasteiger partial charge >= 0.3 is 0 Å². The topological polar surface area (TPSA) is 42.8 Å². The van der Waals surface area contributed by atoms with Crippen molar-refractivity contribution in [1.82, 2.24) is 14.8 Å². The van der Waals surface area contributed by atoms with Crippen molar-refractivity contribution >= 4 is 35.4 Å². The normalized spacial score (nSPS) is 18.3. The second-order valence-corrected chi connectivity index (χ2v) is 6.32. The summed E-state index contributed by atoms with van der Waals surface area (Å²) in [6.45, 7) is 1.57. The number of aromatic nitrogens is 3. The quantitative estimate of drug-likeness (QED) is 0.852. The van der Waals surface area contributed by atoms with E-state index in [2.05, 4.69) is 10.2 Å². The number of ether oxygens (including phenoxy) is 1. The smallest absolute Gasteiger partial charge is 0.195 e. The molecule has 4 nitrogen and oxygen atoms in total. The van der Waals surface area contributed by atoms with Crippen LogP contribution in [0.1, 0.15) is 24.2 Å². The van der Waals surface area contributed by atoms with Gasteiger partial charge in [0.15, 0.2) is 4.77 Å². The van der Waals surface area contributed by atoms with E-state index in [4.69, 9.17) is 40.2 Å². The molecule has 1 atom stereocenters. The molecule has 0 bridgehead atoms. The predicted molar refractivity (Wildman–Crippen MR) is 85.7 cm³/mol. The Kier molecular flexibility index (Phi) is 4.64. The molecule has 1 aliphatic rings. The Morgan fingerprint density at radius 2 is 2.24 bits per heavy atom. The van der Waals surface area contributed by atoms with Crippen LogP contribution in [0.3, 0.4) is 0 Å². The number of aromatic amines is 1. The lowest BCUT2D eigenvalue weighted by atomic mass is 10.1. The molecule has 0 unspecified atom stereocenters. The van der Waals surface area contributed by atoms with E-state index in [-0.39, 0.29) is 6.10 Å². The first kappa shape index (κ1) is 15.0. The maximum Gasteiger partial charge on any atom is 0.195 e. The van der Waals surface area contributed by atoms with Crippen molar-refractivity contribution in [3.63, 3.8) is 0 Å². The monoisotopic (exact) mass is 343 g/mol. The predicted octanol–water partition coefficient (Wildman–Crippen LogP) is 4.02. The van der Waals surface area contributed by atoms with Crippen LogP contribution in [0.25, 0.3) is 0 Å². The highest BCUT2D eigenvalue weighted by atomic mass is 35.5. The summed E-state index contributed by atoms with van der Waals surface area (Å²) >= 11 is 17.3. The molecule has 3 rings (SSSR count). The summed E-state index contributed by atoms with van der Waals surface area (Å²) in [5, 5.41) is 8.28. The van der Waals surface area contributed by atoms with Crippen molar-refractivity contribution in [2.24, 2.45) is 0 Å². The Hall–Kier alpha value is -0.880. The van der Waals surface area contributed by atoms with E-state index in [1.807, 2.05) is 16.7 Å². The minimum atomic E-state index is 0.224. The van der Waals surface area contributed by atoms with Crippen LogP contribution in [0.4, 0.5) is 0 Å². The SMILES string of the molecule is S=c1[nH]nc(Cc2ccc(Cl)c(Cl)c2)n1C[C@H]1CCCO1. The number of nitrogens with one attached hydrogen (secondary N) is 1. The van der Waals surface area contributed by atoms with Gasteiger partial charge < -0.3 is 9.30 Å². The highest BCUT2D eigenvalue weighted by molar-refractivity contribution is 7.71. The maximum atomic E-state index is 6.05. The van der Waals surface area contributed by atoms with Crippen molar-refractivity contribution in [3.05, 3.63) is 44.4 Å². The molecule has 1 aliphatic heterocycles. The van der Waals surface area contributed by atoms with Gasteiger partial charge in [0.05, 0.1) is 22.7 Å². The average Bonchev–Trinajstić information content (AvgIpc) is 3.08. The molecule has 2 aromatic rings.